The van der Waals surface area contributed by atoms with E-state index in [-0.39, 0.29) is 28.0 Å². The highest BCUT2D eigenvalue weighted by molar-refractivity contribution is 7.92. The number of anilines is 1. The molecule has 34 heavy (non-hydrogen) atoms. The maximum absolute atomic E-state index is 13.5. The van der Waals surface area contributed by atoms with E-state index in [1.165, 1.54) is 24.3 Å². The highest BCUT2D eigenvalue weighted by atomic mass is 32.2. The van der Waals surface area contributed by atoms with Gasteiger partial charge in [-0.25, -0.2) is 22.4 Å². The number of aromatic nitrogens is 1. The van der Waals surface area contributed by atoms with Crippen LogP contribution in [-0.4, -0.2) is 31.9 Å². The van der Waals surface area contributed by atoms with Gasteiger partial charge in [0.2, 0.25) is 10.0 Å². The fourth-order valence-corrected chi connectivity index (χ4v) is 4.22. The van der Waals surface area contributed by atoms with Gasteiger partial charge in [-0.05, 0) is 44.2 Å². The van der Waals surface area contributed by atoms with Gasteiger partial charge in [-0.15, -0.1) is 0 Å². The number of esters is 1. The van der Waals surface area contributed by atoms with Crippen molar-refractivity contribution in [2.75, 3.05) is 11.0 Å². The molecule has 0 aliphatic rings. The van der Waals surface area contributed by atoms with Crippen LogP contribution in [0.15, 0.2) is 45.3 Å². The summed E-state index contributed by atoms with van der Waals surface area (Å²) in [5.74, 6) is -1.24. The summed E-state index contributed by atoms with van der Waals surface area (Å²) in [6.07, 6.45) is -0.346. The van der Waals surface area contributed by atoms with Gasteiger partial charge in [0.25, 0.3) is 0 Å². The van der Waals surface area contributed by atoms with Crippen LogP contribution < -0.4 is 10.5 Å². The first-order valence-electron chi connectivity index (χ1n) is 9.73. The Hall–Kier alpha value is -4.19. The number of halogens is 1. The van der Waals surface area contributed by atoms with Gasteiger partial charge >= 0.3 is 12.1 Å². The van der Waals surface area contributed by atoms with Crippen LogP contribution in [0.2, 0.25) is 0 Å². The molecule has 0 saturated heterocycles. The minimum atomic E-state index is -3.71. The number of benzene rings is 2. The lowest BCUT2D eigenvalue weighted by molar-refractivity contribution is 0.0640. The van der Waals surface area contributed by atoms with Crippen molar-refractivity contribution in [1.29, 1.82) is 0 Å². The van der Waals surface area contributed by atoms with Crippen molar-refractivity contribution >= 4 is 38.7 Å². The maximum atomic E-state index is 13.5. The average molecular weight is 487 g/mol. The minimum absolute atomic E-state index is 0.0255. The molecule has 0 spiro atoms. The Bertz CT molecular complexity index is 1530. The lowest BCUT2D eigenvalue weighted by Crippen LogP contribution is -2.18. The Morgan fingerprint density at radius 1 is 1.15 bits per heavy atom. The Kier molecular flexibility index (Phi) is 5.61. The second kappa shape index (κ2) is 8.30. The molecule has 0 unspecified atom stereocenters. The molecule has 0 atom stereocenters. The summed E-state index contributed by atoms with van der Waals surface area (Å²) in [6.45, 7) is 3.31. The van der Waals surface area contributed by atoms with Gasteiger partial charge in [-0.3, -0.25) is 4.72 Å². The van der Waals surface area contributed by atoms with E-state index in [2.05, 4.69) is 14.6 Å². The number of nitrogens with zero attached hydrogens (tertiary/aromatic N) is 1. The smallest absolute Gasteiger partial charge is 0.412 e. The topological polar surface area (TPSA) is 155 Å². The predicted octanol–water partition coefficient (Wildman–Crippen LogP) is 4.12. The number of nitrogens with two attached hydrogens (primary N) is 1. The second-order valence-electron chi connectivity index (χ2n) is 7.49. The molecule has 0 aliphatic heterocycles. The van der Waals surface area contributed by atoms with Crippen LogP contribution in [-0.2, 0) is 14.8 Å². The lowest BCUT2D eigenvalue weighted by atomic mass is 9.98. The molecule has 0 radical (unpaired) electrons. The number of ether oxygens (including phenoxy) is 1. The van der Waals surface area contributed by atoms with Gasteiger partial charge < -0.3 is 19.4 Å². The first kappa shape index (κ1) is 23.0. The van der Waals surface area contributed by atoms with Crippen LogP contribution in [0.25, 0.3) is 33.4 Å². The molecule has 12 heteroatoms. The Morgan fingerprint density at radius 3 is 2.38 bits per heavy atom. The number of primary amides is 1. The van der Waals surface area contributed by atoms with E-state index in [0.29, 0.717) is 28.1 Å². The standard InChI is InChI=1S/C22H18FN3O7S/c1-10-18(11(2)33-25-10)14-8-15-17(9-16(14)26-34(3,29)30)31-20(12-4-6-13(23)7-5-12)19(15)21(27)32-22(24)28/h4-9,26H,1-3H3,(H2,24,28). The Balaban J connectivity index is 2.07. The highest BCUT2D eigenvalue weighted by Crippen LogP contribution is 2.41. The van der Waals surface area contributed by atoms with Crippen molar-refractivity contribution in [3.63, 3.8) is 0 Å². The number of carbonyl (C=O) groups is 2. The molecule has 0 saturated carbocycles. The number of sulfonamides is 1. The summed E-state index contributed by atoms with van der Waals surface area (Å²) in [5, 5.41) is 4.10. The molecule has 2 aromatic heterocycles. The number of carbonyl (C=O) groups excluding carboxylic acids is 2. The summed E-state index contributed by atoms with van der Waals surface area (Å²) in [7, 11) is -3.71. The average Bonchev–Trinajstić information content (AvgIpc) is 3.25. The van der Waals surface area contributed by atoms with E-state index in [1.807, 2.05) is 0 Å². The monoisotopic (exact) mass is 487 g/mol. The number of aryl methyl sites for hydroxylation is 2. The van der Waals surface area contributed by atoms with Gasteiger partial charge in [0.1, 0.15) is 28.5 Å². The van der Waals surface area contributed by atoms with Crippen LogP contribution in [0.5, 0.6) is 0 Å². The van der Waals surface area contributed by atoms with Crippen molar-refractivity contribution in [1.82, 2.24) is 5.16 Å². The molecule has 176 valence electrons. The highest BCUT2D eigenvalue weighted by Gasteiger charge is 2.28. The molecule has 3 N–H and O–H groups in total. The second-order valence-corrected chi connectivity index (χ2v) is 9.24. The van der Waals surface area contributed by atoms with Crippen LogP contribution in [0.3, 0.4) is 0 Å². The third-order valence-corrected chi connectivity index (χ3v) is 5.52. The van der Waals surface area contributed by atoms with Crippen molar-refractivity contribution in [2.45, 2.75) is 13.8 Å². The van der Waals surface area contributed by atoms with Gasteiger partial charge in [0.15, 0.2) is 0 Å². The molecule has 2 heterocycles. The van der Waals surface area contributed by atoms with Crippen LogP contribution >= 0.6 is 0 Å². The largest absolute Gasteiger partial charge is 0.455 e. The third-order valence-electron chi connectivity index (χ3n) is 4.93. The summed E-state index contributed by atoms with van der Waals surface area (Å²) in [4.78, 5) is 24.1. The minimum Gasteiger partial charge on any atom is -0.455 e. The molecule has 0 aliphatic carbocycles. The van der Waals surface area contributed by atoms with E-state index in [9.17, 15) is 22.4 Å². The van der Waals surface area contributed by atoms with Gasteiger partial charge in [-0.2, -0.15) is 0 Å². The van der Waals surface area contributed by atoms with Gasteiger partial charge in [0, 0.05) is 28.1 Å². The number of hydrogen-bond acceptors (Lipinski definition) is 8. The Labute approximate surface area is 192 Å². The van der Waals surface area contributed by atoms with Crippen LogP contribution in [0.1, 0.15) is 21.8 Å². The molecule has 4 rings (SSSR count). The Morgan fingerprint density at radius 2 is 1.82 bits per heavy atom. The van der Waals surface area contributed by atoms with E-state index in [0.717, 1.165) is 18.4 Å². The number of hydrogen-bond donors (Lipinski definition) is 2. The molecular weight excluding hydrogens is 469 g/mol. The normalized spacial score (nSPS) is 11.5. The fourth-order valence-electron chi connectivity index (χ4n) is 3.65. The van der Waals surface area contributed by atoms with Crippen LogP contribution in [0.4, 0.5) is 14.9 Å². The summed E-state index contributed by atoms with van der Waals surface area (Å²) in [5.41, 5.74) is 6.73. The molecule has 0 bridgehead atoms. The van der Waals surface area contributed by atoms with E-state index < -0.39 is 27.9 Å². The zero-order chi connectivity index (χ0) is 24.8. The van der Waals surface area contributed by atoms with Crippen molar-refractivity contribution in [2.24, 2.45) is 5.73 Å². The van der Waals surface area contributed by atoms with Crippen molar-refractivity contribution in [3.8, 4) is 22.5 Å². The van der Waals surface area contributed by atoms with Crippen molar-refractivity contribution in [3.05, 3.63) is 59.2 Å². The number of fused-ring (bicyclic) bond motifs is 1. The first-order chi connectivity index (χ1) is 15.9. The molecule has 1 amide bonds. The van der Waals surface area contributed by atoms with Gasteiger partial charge in [0.05, 0.1) is 17.6 Å². The van der Waals surface area contributed by atoms with Crippen molar-refractivity contribution < 1.29 is 36.1 Å². The number of furan rings is 1. The van der Waals surface area contributed by atoms with Crippen LogP contribution in [0, 0.1) is 19.7 Å². The number of nitrogens with one attached hydrogen (secondary N) is 1. The quantitative estimate of drug-likeness (QED) is 0.315. The maximum Gasteiger partial charge on any atom is 0.412 e. The summed E-state index contributed by atoms with van der Waals surface area (Å²) < 4.78 is 55.7. The molecular formula is C22H18FN3O7S. The van der Waals surface area contributed by atoms with E-state index >= 15 is 0 Å². The number of amides is 1. The first-order valence-corrected chi connectivity index (χ1v) is 11.6. The van der Waals surface area contributed by atoms with E-state index in [1.54, 1.807) is 13.8 Å². The zero-order valence-corrected chi connectivity index (χ0v) is 18.9. The predicted molar refractivity (Wildman–Crippen MR) is 120 cm³/mol. The SMILES string of the molecule is Cc1noc(C)c1-c1cc2c(C(=O)OC(N)=O)c(-c3ccc(F)cc3)oc2cc1NS(C)(=O)=O. The third kappa shape index (κ3) is 4.35. The molecule has 10 nitrogen and oxygen atoms in total. The summed E-state index contributed by atoms with van der Waals surface area (Å²) >= 11 is 0. The summed E-state index contributed by atoms with van der Waals surface area (Å²) in [6, 6.07) is 7.95. The van der Waals surface area contributed by atoms with E-state index in [4.69, 9.17) is 14.7 Å². The molecule has 2 aromatic carbocycles. The molecule has 4 aromatic rings. The number of rotatable bonds is 5. The van der Waals surface area contributed by atoms with Gasteiger partial charge in [-0.1, -0.05) is 5.16 Å². The lowest BCUT2D eigenvalue weighted by Gasteiger charge is -2.11. The fraction of sp³-hybridized carbons (Fsp3) is 0.136. The zero-order valence-electron chi connectivity index (χ0n) is 18.1. The molecule has 0 fully saturated rings.